The van der Waals surface area contributed by atoms with Gasteiger partial charge in [-0.05, 0) is 42.7 Å². The highest BCUT2D eigenvalue weighted by Gasteiger charge is 2.36. The molecule has 2 amide bonds. The number of imide groups is 1. The summed E-state index contributed by atoms with van der Waals surface area (Å²) in [7, 11) is 0. The molecule has 4 heteroatoms. The molecule has 1 aliphatic rings. The van der Waals surface area contributed by atoms with Gasteiger partial charge in [-0.2, -0.15) is 0 Å². The minimum absolute atomic E-state index is 0.167. The predicted octanol–water partition coefficient (Wildman–Crippen LogP) is 3.84. The van der Waals surface area contributed by atoms with E-state index in [1.54, 1.807) is 24.3 Å². The molecule has 0 aliphatic carbocycles. The van der Waals surface area contributed by atoms with E-state index >= 15 is 0 Å². The number of carbonyl (C=O) groups excluding carboxylic acids is 2. The van der Waals surface area contributed by atoms with Crippen LogP contribution in [-0.2, 0) is 11.4 Å². The molecule has 0 unspecified atom stereocenters. The maximum Gasteiger partial charge on any atom is 0.285 e. The third kappa shape index (κ3) is 2.81. The Hall–Kier alpha value is -2.72. The zero-order valence-corrected chi connectivity index (χ0v) is 13.1. The third-order valence-corrected chi connectivity index (χ3v) is 3.96. The Morgan fingerprint density at radius 2 is 1.57 bits per heavy atom. The van der Waals surface area contributed by atoms with Crippen molar-refractivity contribution in [3.63, 3.8) is 0 Å². The molecule has 1 heterocycles. The summed E-state index contributed by atoms with van der Waals surface area (Å²) in [5, 5.41) is 0.843. The van der Waals surface area contributed by atoms with Crippen LogP contribution in [0.2, 0.25) is 0 Å². The molecule has 1 aliphatic heterocycles. The highest BCUT2D eigenvalue weighted by molar-refractivity contribution is 6.20. The molecule has 4 nitrogen and oxygen atoms in total. The lowest BCUT2D eigenvalue weighted by atomic mass is 10.1. The quantitative estimate of drug-likeness (QED) is 0.806. The number of carbonyl (C=O) groups is 2. The Balaban J connectivity index is 1.70. The number of nitrogens with zero attached hydrogens (tertiary/aromatic N) is 1. The molecule has 0 fully saturated rings. The van der Waals surface area contributed by atoms with Crippen LogP contribution in [0.5, 0.6) is 0 Å². The average molecular weight is 307 g/mol. The lowest BCUT2D eigenvalue weighted by molar-refractivity contribution is -0.101. The van der Waals surface area contributed by atoms with Crippen LogP contribution >= 0.6 is 0 Å². The fourth-order valence-corrected chi connectivity index (χ4v) is 2.45. The molecule has 0 aromatic heterocycles. The van der Waals surface area contributed by atoms with Gasteiger partial charge in [0.25, 0.3) is 11.8 Å². The molecule has 0 atom stereocenters. The molecule has 2 aromatic rings. The van der Waals surface area contributed by atoms with E-state index in [-0.39, 0.29) is 6.61 Å². The van der Waals surface area contributed by atoms with Gasteiger partial charge >= 0.3 is 0 Å². The molecule has 0 bridgehead atoms. The van der Waals surface area contributed by atoms with Crippen LogP contribution in [0.4, 0.5) is 0 Å². The molecule has 3 rings (SSSR count). The van der Waals surface area contributed by atoms with E-state index < -0.39 is 11.8 Å². The number of benzene rings is 2. The Kier molecular flexibility index (Phi) is 4.08. The van der Waals surface area contributed by atoms with Crippen LogP contribution < -0.4 is 0 Å². The van der Waals surface area contributed by atoms with Crippen molar-refractivity contribution in [1.29, 1.82) is 0 Å². The van der Waals surface area contributed by atoms with E-state index in [1.165, 1.54) is 5.57 Å². The van der Waals surface area contributed by atoms with Crippen molar-refractivity contribution in [1.82, 2.24) is 5.06 Å². The summed E-state index contributed by atoms with van der Waals surface area (Å²) in [6.45, 7) is 4.21. The second-order valence-corrected chi connectivity index (χ2v) is 5.39. The van der Waals surface area contributed by atoms with Crippen molar-refractivity contribution in [2.24, 2.45) is 0 Å². The summed E-state index contributed by atoms with van der Waals surface area (Å²) >= 11 is 0. The molecular formula is C19H17NO3. The highest BCUT2D eigenvalue weighted by Crippen LogP contribution is 2.23. The fourth-order valence-electron chi connectivity index (χ4n) is 2.45. The summed E-state index contributed by atoms with van der Waals surface area (Å²) in [5.41, 5.74) is 4.00. The lowest BCUT2D eigenvalue weighted by Gasteiger charge is -2.13. The molecule has 0 saturated carbocycles. The first kappa shape index (κ1) is 15.2. The Morgan fingerprint density at radius 3 is 2.09 bits per heavy atom. The van der Waals surface area contributed by atoms with Crippen LogP contribution in [-0.4, -0.2) is 16.9 Å². The minimum atomic E-state index is -0.410. The normalized spacial score (nSPS) is 14.3. The van der Waals surface area contributed by atoms with Crippen molar-refractivity contribution >= 4 is 17.4 Å². The molecular weight excluding hydrogens is 290 g/mol. The van der Waals surface area contributed by atoms with E-state index in [0.29, 0.717) is 11.1 Å². The number of hydroxylamine groups is 2. The number of rotatable bonds is 4. The van der Waals surface area contributed by atoms with Gasteiger partial charge < -0.3 is 0 Å². The van der Waals surface area contributed by atoms with Gasteiger partial charge in [0.2, 0.25) is 0 Å². The average Bonchev–Trinajstić information content (AvgIpc) is 2.84. The fraction of sp³-hybridized carbons (Fsp3) is 0.158. The van der Waals surface area contributed by atoms with E-state index in [2.05, 4.69) is 0 Å². The summed E-state index contributed by atoms with van der Waals surface area (Å²) in [6.07, 6.45) is 2.05. The Labute approximate surface area is 134 Å². The molecule has 2 aromatic carbocycles. The number of fused-ring (bicyclic) bond motifs is 1. The van der Waals surface area contributed by atoms with Gasteiger partial charge in [0, 0.05) is 0 Å². The van der Waals surface area contributed by atoms with Crippen molar-refractivity contribution in [2.45, 2.75) is 20.5 Å². The van der Waals surface area contributed by atoms with Crippen LogP contribution in [0.25, 0.3) is 5.57 Å². The molecule has 0 N–H and O–H groups in total. The topological polar surface area (TPSA) is 46.6 Å². The maximum atomic E-state index is 12.2. The van der Waals surface area contributed by atoms with Crippen LogP contribution in [0.1, 0.15) is 45.7 Å². The molecule has 0 saturated heterocycles. The van der Waals surface area contributed by atoms with Crippen molar-refractivity contribution in [3.05, 3.63) is 76.9 Å². The SMILES string of the molecule is C/C=C(\C)c1ccc(CON2C(=O)c3ccccc3C2=O)cc1. The number of hydrogen-bond acceptors (Lipinski definition) is 3. The third-order valence-electron chi connectivity index (χ3n) is 3.96. The highest BCUT2D eigenvalue weighted by atomic mass is 16.7. The van der Waals surface area contributed by atoms with E-state index in [4.69, 9.17) is 4.84 Å². The Bertz CT molecular complexity index is 756. The number of hydrogen-bond donors (Lipinski definition) is 0. The second-order valence-electron chi connectivity index (χ2n) is 5.39. The van der Waals surface area contributed by atoms with Gasteiger partial charge in [-0.1, -0.05) is 42.5 Å². The van der Waals surface area contributed by atoms with Gasteiger partial charge in [0.1, 0.15) is 6.61 Å². The predicted molar refractivity (Wildman–Crippen MR) is 87.5 cm³/mol. The summed E-state index contributed by atoms with van der Waals surface area (Å²) in [5.74, 6) is -0.820. The van der Waals surface area contributed by atoms with Crippen molar-refractivity contribution < 1.29 is 14.4 Å². The standard InChI is InChI=1S/C19H17NO3/c1-3-13(2)15-10-8-14(9-11-15)12-23-20-18(21)16-6-4-5-7-17(16)19(20)22/h3-11H,12H2,1-2H3/b13-3+. The van der Waals surface area contributed by atoms with Gasteiger partial charge in [-0.15, -0.1) is 5.06 Å². The first-order chi connectivity index (χ1) is 11.1. The number of amides is 2. The van der Waals surface area contributed by atoms with Gasteiger partial charge in [0.05, 0.1) is 11.1 Å². The number of allylic oxidation sites excluding steroid dienone is 2. The smallest absolute Gasteiger partial charge is 0.266 e. The molecule has 116 valence electrons. The first-order valence-electron chi connectivity index (χ1n) is 7.45. The maximum absolute atomic E-state index is 12.2. The summed E-state index contributed by atoms with van der Waals surface area (Å²) < 4.78 is 0. The van der Waals surface area contributed by atoms with Crippen LogP contribution in [0.3, 0.4) is 0 Å². The van der Waals surface area contributed by atoms with E-state index in [1.807, 2.05) is 44.2 Å². The van der Waals surface area contributed by atoms with Gasteiger partial charge in [-0.3, -0.25) is 14.4 Å². The van der Waals surface area contributed by atoms with E-state index in [0.717, 1.165) is 16.2 Å². The van der Waals surface area contributed by atoms with Gasteiger partial charge in [0.15, 0.2) is 0 Å². The summed E-state index contributed by atoms with van der Waals surface area (Å²) in [6, 6.07) is 14.6. The second kappa shape index (κ2) is 6.18. The van der Waals surface area contributed by atoms with Crippen molar-refractivity contribution in [3.8, 4) is 0 Å². The van der Waals surface area contributed by atoms with Crippen LogP contribution in [0.15, 0.2) is 54.6 Å². The first-order valence-corrected chi connectivity index (χ1v) is 7.45. The molecule has 0 radical (unpaired) electrons. The molecule has 0 spiro atoms. The molecule has 23 heavy (non-hydrogen) atoms. The largest absolute Gasteiger partial charge is 0.285 e. The Morgan fingerprint density at radius 1 is 1.00 bits per heavy atom. The zero-order chi connectivity index (χ0) is 16.4. The minimum Gasteiger partial charge on any atom is -0.266 e. The summed E-state index contributed by atoms with van der Waals surface area (Å²) in [4.78, 5) is 29.8. The van der Waals surface area contributed by atoms with Gasteiger partial charge in [-0.25, -0.2) is 0 Å². The van der Waals surface area contributed by atoms with Crippen molar-refractivity contribution in [2.75, 3.05) is 0 Å². The zero-order valence-electron chi connectivity index (χ0n) is 13.1. The lowest BCUT2D eigenvalue weighted by Crippen LogP contribution is -2.29. The van der Waals surface area contributed by atoms with Crippen LogP contribution in [0, 0.1) is 0 Å². The monoisotopic (exact) mass is 307 g/mol. The van der Waals surface area contributed by atoms with E-state index in [9.17, 15) is 9.59 Å².